The summed E-state index contributed by atoms with van der Waals surface area (Å²) in [6.45, 7) is 2.04. The molecule has 1 aliphatic rings. The number of methoxy groups -OCH3 is 1. The van der Waals surface area contributed by atoms with Crippen LogP contribution in [0, 0.1) is 0 Å². The predicted molar refractivity (Wildman–Crippen MR) is 125 cm³/mol. The molecular weight excluding hydrogens is 410 g/mol. The number of piperidine rings is 1. The normalized spacial score (nSPS) is 13.9. The van der Waals surface area contributed by atoms with Gasteiger partial charge in [-0.2, -0.15) is 0 Å². The number of carbonyl (C=O) groups excluding carboxylic acids is 2. The number of amides is 2. The van der Waals surface area contributed by atoms with E-state index in [-0.39, 0.29) is 11.8 Å². The van der Waals surface area contributed by atoms with Gasteiger partial charge in [-0.05, 0) is 49.6 Å². The number of ether oxygens (including phenoxy) is 1. The topological polar surface area (TPSA) is 63.6 Å². The van der Waals surface area contributed by atoms with Crippen LogP contribution in [0.15, 0.2) is 59.6 Å². The Morgan fingerprint density at radius 2 is 1.77 bits per heavy atom. The standard InChI is InChI=1S/C24H27N3O3S/c1-30-19-11-9-18(10-12-19)25-23(28)17-31-22-15-27(21-8-4-3-7-20(21)22)16-24(29)26-13-5-2-6-14-26/h3-4,7-12,15H,2,5-6,13-14,16-17H2,1H3,(H,25,28). The van der Waals surface area contributed by atoms with Gasteiger partial charge in [-0.15, -0.1) is 11.8 Å². The molecule has 1 aliphatic heterocycles. The van der Waals surface area contributed by atoms with E-state index in [9.17, 15) is 9.59 Å². The van der Waals surface area contributed by atoms with Crippen LogP contribution in [0.4, 0.5) is 5.69 Å². The highest BCUT2D eigenvalue weighted by atomic mass is 32.2. The zero-order valence-corrected chi connectivity index (χ0v) is 18.5. The highest BCUT2D eigenvalue weighted by Gasteiger charge is 2.18. The summed E-state index contributed by atoms with van der Waals surface area (Å²) in [5.41, 5.74) is 1.76. The third-order valence-corrected chi connectivity index (χ3v) is 6.54. The average Bonchev–Trinajstić information content (AvgIpc) is 3.16. The maximum absolute atomic E-state index is 12.8. The molecule has 1 saturated heterocycles. The Morgan fingerprint density at radius 1 is 1.03 bits per heavy atom. The minimum Gasteiger partial charge on any atom is -0.497 e. The van der Waals surface area contributed by atoms with E-state index in [2.05, 4.69) is 5.32 Å². The van der Waals surface area contributed by atoms with Crippen molar-refractivity contribution >= 4 is 40.2 Å². The van der Waals surface area contributed by atoms with Crippen LogP contribution in [0.25, 0.3) is 10.9 Å². The quantitative estimate of drug-likeness (QED) is 0.557. The van der Waals surface area contributed by atoms with E-state index in [0.29, 0.717) is 12.3 Å². The first-order chi connectivity index (χ1) is 15.1. The van der Waals surface area contributed by atoms with Gasteiger partial charge in [0.1, 0.15) is 12.3 Å². The van der Waals surface area contributed by atoms with Gasteiger partial charge in [0.05, 0.1) is 12.9 Å². The third kappa shape index (κ3) is 5.22. The Morgan fingerprint density at radius 3 is 2.52 bits per heavy atom. The Hall–Kier alpha value is -2.93. The number of rotatable bonds is 7. The smallest absolute Gasteiger partial charge is 0.242 e. The van der Waals surface area contributed by atoms with E-state index in [1.165, 1.54) is 18.2 Å². The molecule has 0 bridgehead atoms. The van der Waals surface area contributed by atoms with Gasteiger partial charge in [-0.3, -0.25) is 9.59 Å². The number of anilines is 1. The number of para-hydroxylation sites is 1. The summed E-state index contributed by atoms with van der Waals surface area (Å²) in [4.78, 5) is 28.2. The minimum atomic E-state index is -0.0728. The zero-order chi connectivity index (χ0) is 21.6. The first-order valence-corrected chi connectivity index (χ1v) is 11.5. The van der Waals surface area contributed by atoms with E-state index in [1.807, 2.05) is 64.2 Å². The van der Waals surface area contributed by atoms with Crippen LogP contribution in [-0.4, -0.2) is 47.2 Å². The summed E-state index contributed by atoms with van der Waals surface area (Å²) in [5, 5.41) is 3.98. The number of hydrogen-bond acceptors (Lipinski definition) is 4. The van der Waals surface area contributed by atoms with Crippen molar-refractivity contribution in [1.29, 1.82) is 0 Å². The summed E-state index contributed by atoms with van der Waals surface area (Å²) in [6, 6.07) is 15.3. The fraction of sp³-hybridized carbons (Fsp3) is 0.333. The lowest BCUT2D eigenvalue weighted by Gasteiger charge is -2.27. The Labute approximate surface area is 186 Å². The molecule has 2 aromatic carbocycles. The molecular formula is C24H27N3O3S. The number of fused-ring (bicyclic) bond motifs is 1. The molecule has 1 aromatic heterocycles. The molecule has 1 N–H and O–H groups in total. The number of nitrogens with one attached hydrogen (secondary N) is 1. The molecule has 0 unspecified atom stereocenters. The summed E-state index contributed by atoms with van der Waals surface area (Å²) in [6.07, 6.45) is 5.37. The Balaban J connectivity index is 1.42. The van der Waals surface area contributed by atoms with Crippen LogP contribution in [0.2, 0.25) is 0 Å². The number of aromatic nitrogens is 1. The first kappa shape index (κ1) is 21.3. The van der Waals surface area contributed by atoms with Gasteiger partial charge >= 0.3 is 0 Å². The lowest BCUT2D eigenvalue weighted by Crippen LogP contribution is -2.37. The van der Waals surface area contributed by atoms with Crippen molar-refractivity contribution in [2.24, 2.45) is 0 Å². The first-order valence-electron chi connectivity index (χ1n) is 10.6. The molecule has 2 heterocycles. The molecule has 0 radical (unpaired) electrons. The molecule has 0 saturated carbocycles. The minimum absolute atomic E-state index is 0.0728. The molecule has 7 heteroatoms. The Kier molecular flexibility index (Phi) is 6.82. The SMILES string of the molecule is COc1ccc(NC(=O)CSc2cn(CC(=O)N3CCCCC3)c3ccccc23)cc1. The molecule has 162 valence electrons. The third-order valence-electron chi connectivity index (χ3n) is 5.50. The fourth-order valence-electron chi connectivity index (χ4n) is 3.86. The second-order valence-electron chi connectivity index (χ2n) is 7.65. The Bertz CT molecular complexity index is 1060. The predicted octanol–water partition coefficient (Wildman–Crippen LogP) is 4.39. The molecule has 3 aromatic rings. The van der Waals surface area contributed by atoms with Crippen molar-refractivity contribution in [3.8, 4) is 5.75 Å². The number of nitrogens with zero attached hydrogens (tertiary/aromatic N) is 2. The molecule has 0 spiro atoms. The lowest BCUT2D eigenvalue weighted by molar-refractivity contribution is -0.132. The number of benzene rings is 2. The maximum Gasteiger partial charge on any atom is 0.242 e. The number of likely N-dealkylation sites (tertiary alicyclic amines) is 1. The summed E-state index contributed by atoms with van der Waals surface area (Å²) in [5.74, 6) is 1.13. The highest BCUT2D eigenvalue weighted by molar-refractivity contribution is 8.00. The lowest BCUT2D eigenvalue weighted by atomic mass is 10.1. The average molecular weight is 438 g/mol. The van der Waals surface area contributed by atoms with Gasteiger partial charge in [0.25, 0.3) is 0 Å². The van der Waals surface area contributed by atoms with Crippen LogP contribution in [0.1, 0.15) is 19.3 Å². The summed E-state index contributed by atoms with van der Waals surface area (Å²) in [7, 11) is 1.61. The van der Waals surface area contributed by atoms with E-state index < -0.39 is 0 Å². The fourth-order valence-corrected chi connectivity index (χ4v) is 4.75. The summed E-state index contributed by atoms with van der Waals surface area (Å²) >= 11 is 1.49. The molecule has 2 amide bonds. The largest absolute Gasteiger partial charge is 0.497 e. The van der Waals surface area contributed by atoms with Gasteiger partial charge in [0, 0.05) is 40.8 Å². The maximum atomic E-state index is 12.8. The van der Waals surface area contributed by atoms with Crippen LogP contribution in [0.5, 0.6) is 5.75 Å². The second kappa shape index (κ2) is 9.92. The van der Waals surface area contributed by atoms with Crippen LogP contribution in [-0.2, 0) is 16.1 Å². The van der Waals surface area contributed by atoms with Crippen molar-refractivity contribution < 1.29 is 14.3 Å². The summed E-state index contributed by atoms with van der Waals surface area (Å²) < 4.78 is 7.15. The number of hydrogen-bond donors (Lipinski definition) is 1. The molecule has 1 fully saturated rings. The zero-order valence-electron chi connectivity index (χ0n) is 17.7. The number of thioether (sulfide) groups is 1. The molecule has 0 atom stereocenters. The highest BCUT2D eigenvalue weighted by Crippen LogP contribution is 2.30. The van der Waals surface area contributed by atoms with E-state index in [0.717, 1.165) is 53.2 Å². The monoisotopic (exact) mass is 437 g/mol. The van der Waals surface area contributed by atoms with Crippen LogP contribution < -0.4 is 10.1 Å². The van der Waals surface area contributed by atoms with Crippen molar-refractivity contribution in [3.63, 3.8) is 0 Å². The molecule has 6 nitrogen and oxygen atoms in total. The second-order valence-corrected chi connectivity index (χ2v) is 8.66. The number of carbonyl (C=O) groups is 2. The van der Waals surface area contributed by atoms with Crippen LogP contribution >= 0.6 is 11.8 Å². The van der Waals surface area contributed by atoms with Gasteiger partial charge in [0.2, 0.25) is 11.8 Å². The van der Waals surface area contributed by atoms with Gasteiger partial charge in [-0.25, -0.2) is 0 Å². The van der Waals surface area contributed by atoms with Gasteiger partial charge in [0.15, 0.2) is 0 Å². The molecule has 31 heavy (non-hydrogen) atoms. The molecule has 4 rings (SSSR count). The van der Waals surface area contributed by atoms with Crippen molar-refractivity contribution in [3.05, 3.63) is 54.7 Å². The van der Waals surface area contributed by atoms with Crippen molar-refractivity contribution in [1.82, 2.24) is 9.47 Å². The van der Waals surface area contributed by atoms with Crippen molar-refractivity contribution in [2.45, 2.75) is 30.7 Å². The molecule has 0 aliphatic carbocycles. The van der Waals surface area contributed by atoms with Gasteiger partial charge < -0.3 is 19.5 Å². The van der Waals surface area contributed by atoms with E-state index >= 15 is 0 Å². The van der Waals surface area contributed by atoms with Crippen molar-refractivity contribution in [2.75, 3.05) is 31.3 Å². The van der Waals surface area contributed by atoms with E-state index in [4.69, 9.17) is 4.74 Å². The van der Waals surface area contributed by atoms with E-state index in [1.54, 1.807) is 7.11 Å². The van der Waals surface area contributed by atoms with Gasteiger partial charge in [-0.1, -0.05) is 18.2 Å². The van der Waals surface area contributed by atoms with Crippen LogP contribution in [0.3, 0.4) is 0 Å².